The van der Waals surface area contributed by atoms with Gasteiger partial charge in [0.1, 0.15) is 0 Å². The molecule has 6 nitrogen and oxygen atoms in total. The van der Waals surface area contributed by atoms with Gasteiger partial charge >= 0.3 is 0 Å². The van der Waals surface area contributed by atoms with Crippen molar-refractivity contribution in [1.29, 1.82) is 0 Å². The zero-order valence-corrected chi connectivity index (χ0v) is 16.5. The minimum atomic E-state index is 0.1000. The molecule has 150 valence electrons. The lowest BCUT2D eigenvalue weighted by atomic mass is 9.81. The number of carbonyl (C=O) groups excluding carboxylic acids is 1. The molecule has 2 saturated heterocycles. The van der Waals surface area contributed by atoms with Crippen LogP contribution in [0.2, 0.25) is 0 Å². The maximum Gasteiger partial charge on any atom is 0.257 e. The van der Waals surface area contributed by atoms with Crippen LogP contribution < -0.4 is 10.9 Å². The minimum absolute atomic E-state index is 0.1000. The average Bonchev–Trinajstić information content (AvgIpc) is 3.41. The summed E-state index contributed by atoms with van der Waals surface area (Å²) in [6.45, 7) is 2.62. The molecule has 2 aromatic heterocycles. The third-order valence-corrected chi connectivity index (χ3v) is 6.47. The maximum absolute atomic E-state index is 13.1. The summed E-state index contributed by atoms with van der Waals surface area (Å²) in [6, 6.07) is 17.0. The fourth-order valence-electron chi connectivity index (χ4n) is 4.90. The van der Waals surface area contributed by atoms with Gasteiger partial charge in [-0.15, -0.1) is 0 Å². The van der Waals surface area contributed by atoms with Crippen molar-refractivity contribution in [3.05, 3.63) is 72.1 Å². The van der Waals surface area contributed by atoms with E-state index in [-0.39, 0.29) is 5.91 Å². The molecule has 6 heteroatoms. The second kappa shape index (κ2) is 7.97. The van der Waals surface area contributed by atoms with Gasteiger partial charge in [0.2, 0.25) is 0 Å². The lowest BCUT2D eigenvalue weighted by Gasteiger charge is -2.36. The molecule has 2 fully saturated rings. The first-order valence-corrected chi connectivity index (χ1v) is 10.5. The molecule has 0 saturated carbocycles. The van der Waals surface area contributed by atoms with Crippen LogP contribution in [0.4, 0.5) is 0 Å². The highest BCUT2D eigenvalue weighted by molar-refractivity contribution is 6.00. The van der Waals surface area contributed by atoms with Gasteiger partial charge in [-0.2, -0.15) is 5.10 Å². The van der Waals surface area contributed by atoms with Crippen molar-refractivity contribution in [3.63, 3.8) is 0 Å². The molecule has 1 aromatic carbocycles. The molecule has 4 heterocycles. The molecular formula is C23H27N5O. The molecule has 0 spiro atoms. The van der Waals surface area contributed by atoms with Crippen molar-refractivity contribution in [1.82, 2.24) is 25.4 Å². The lowest BCUT2D eigenvalue weighted by Crippen LogP contribution is -2.46. The Kier molecular flexibility index (Phi) is 5.04. The average molecular weight is 390 g/mol. The third kappa shape index (κ3) is 3.66. The van der Waals surface area contributed by atoms with Gasteiger partial charge in [-0.25, -0.2) is 4.52 Å². The molecule has 0 bridgehead atoms. The second-order valence-electron chi connectivity index (χ2n) is 8.22. The van der Waals surface area contributed by atoms with Crippen molar-refractivity contribution < 1.29 is 4.79 Å². The number of nitrogens with zero attached hydrogens (tertiary/aromatic N) is 3. The van der Waals surface area contributed by atoms with Gasteiger partial charge in [-0.05, 0) is 48.8 Å². The molecular weight excluding hydrogens is 362 g/mol. The number of aromatic nitrogens is 2. The monoisotopic (exact) mass is 389 g/mol. The van der Waals surface area contributed by atoms with Crippen molar-refractivity contribution in [2.24, 2.45) is 11.8 Å². The molecule has 5 rings (SSSR count). The normalized spacial score (nSPS) is 23.0. The Morgan fingerprint density at radius 3 is 2.69 bits per heavy atom. The van der Waals surface area contributed by atoms with Gasteiger partial charge in [0.05, 0.1) is 17.3 Å². The van der Waals surface area contributed by atoms with E-state index in [4.69, 9.17) is 0 Å². The SMILES string of the molecule is O=C(c1cnn2ccccc12)N1CCC(C2NNCC2Cc2ccccc2)CC1. The van der Waals surface area contributed by atoms with Crippen LogP contribution in [-0.4, -0.2) is 46.1 Å². The van der Waals surface area contributed by atoms with E-state index in [1.54, 1.807) is 10.7 Å². The third-order valence-electron chi connectivity index (χ3n) is 6.47. The van der Waals surface area contributed by atoms with Crippen LogP contribution in [0.3, 0.4) is 0 Å². The number of hydrogen-bond acceptors (Lipinski definition) is 4. The van der Waals surface area contributed by atoms with Crippen LogP contribution in [0.25, 0.3) is 5.52 Å². The van der Waals surface area contributed by atoms with Crippen LogP contribution in [0.5, 0.6) is 0 Å². The van der Waals surface area contributed by atoms with Gasteiger partial charge in [0.15, 0.2) is 0 Å². The number of amides is 1. The first-order chi connectivity index (χ1) is 14.3. The first-order valence-electron chi connectivity index (χ1n) is 10.5. The lowest BCUT2D eigenvalue weighted by molar-refractivity contribution is 0.0665. The summed E-state index contributed by atoms with van der Waals surface area (Å²) in [6.07, 6.45) is 6.74. The number of fused-ring (bicyclic) bond motifs is 1. The molecule has 29 heavy (non-hydrogen) atoms. The fraction of sp³-hybridized carbons (Fsp3) is 0.391. The van der Waals surface area contributed by atoms with Crippen LogP contribution in [0.1, 0.15) is 28.8 Å². The first kappa shape index (κ1) is 18.3. The zero-order valence-electron chi connectivity index (χ0n) is 16.5. The number of benzene rings is 1. The summed E-state index contributed by atoms with van der Waals surface area (Å²) in [4.78, 5) is 15.0. The number of likely N-dealkylation sites (tertiary alicyclic amines) is 1. The van der Waals surface area contributed by atoms with Crippen molar-refractivity contribution >= 4 is 11.4 Å². The Labute approximate surface area is 170 Å². The highest BCUT2D eigenvalue weighted by Crippen LogP contribution is 2.29. The maximum atomic E-state index is 13.1. The molecule has 0 aliphatic carbocycles. The molecule has 2 aliphatic rings. The molecule has 2 N–H and O–H groups in total. The van der Waals surface area contributed by atoms with Crippen LogP contribution >= 0.6 is 0 Å². The summed E-state index contributed by atoms with van der Waals surface area (Å²) in [5.41, 5.74) is 9.88. The van der Waals surface area contributed by atoms with E-state index in [1.807, 2.05) is 29.3 Å². The number of carbonyl (C=O) groups is 1. The van der Waals surface area contributed by atoms with E-state index < -0.39 is 0 Å². The summed E-state index contributed by atoms with van der Waals surface area (Å²) in [7, 11) is 0. The second-order valence-corrected chi connectivity index (χ2v) is 8.22. The van der Waals surface area contributed by atoms with Crippen LogP contribution in [-0.2, 0) is 6.42 Å². The number of piperidine rings is 1. The van der Waals surface area contributed by atoms with Gasteiger partial charge in [-0.3, -0.25) is 15.6 Å². The molecule has 3 aromatic rings. The van der Waals surface area contributed by atoms with Crippen molar-refractivity contribution in [2.45, 2.75) is 25.3 Å². The quantitative estimate of drug-likeness (QED) is 0.720. The van der Waals surface area contributed by atoms with Gasteiger partial charge in [0, 0.05) is 31.9 Å². The van der Waals surface area contributed by atoms with Crippen molar-refractivity contribution in [3.8, 4) is 0 Å². The summed E-state index contributed by atoms with van der Waals surface area (Å²) in [5, 5.41) is 4.31. The Bertz CT molecular complexity index is 977. The molecule has 2 unspecified atom stereocenters. The fourth-order valence-corrected chi connectivity index (χ4v) is 4.90. The highest BCUT2D eigenvalue weighted by Gasteiger charge is 2.36. The van der Waals surface area contributed by atoms with E-state index >= 15 is 0 Å². The number of hydrazine groups is 1. The Balaban J connectivity index is 1.22. The largest absolute Gasteiger partial charge is 0.339 e. The Hall–Kier alpha value is -2.70. The van der Waals surface area contributed by atoms with E-state index in [0.717, 1.165) is 44.4 Å². The number of hydrogen-bond donors (Lipinski definition) is 2. The van der Waals surface area contributed by atoms with Crippen molar-refractivity contribution in [2.75, 3.05) is 19.6 Å². The van der Waals surface area contributed by atoms with Gasteiger partial charge in [0.25, 0.3) is 5.91 Å². The topological polar surface area (TPSA) is 61.7 Å². The van der Waals surface area contributed by atoms with Gasteiger partial charge in [-0.1, -0.05) is 36.4 Å². The molecule has 2 atom stereocenters. The summed E-state index contributed by atoms with van der Waals surface area (Å²) >= 11 is 0. The number of pyridine rings is 1. The minimum Gasteiger partial charge on any atom is -0.339 e. The van der Waals surface area contributed by atoms with E-state index in [0.29, 0.717) is 23.4 Å². The summed E-state index contributed by atoms with van der Waals surface area (Å²) < 4.78 is 1.77. The zero-order chi connectivity index (χ0) is 19.6. The summed E-state index contributed by atoms with van der Waals surface area (Å²) in [5.74, 6) is 1.28. The van der Waals surface area contributed by atoms with E-state index in [9.17, 15) is 4.79 Å². The number of nitrogens with one attached hydrogen (secondary N) is 2. The predicted molar refractivity (Wildman–Crippen MR) is 112 cm³/mol. The number of rotatable bonds is 4. The molecule has 2 aliphatic heterocycles. The molecule has 1 amide bonds. The van der Waals surface area contributed by atoms with E-state index in [2.05, 4.69) is 46.3 Å². The molecule has 0 radical (unpaired) electrons. The van der Waals surface area contributed by atoms with E-state index in [1.165, 1.54) is 5.56 Å². The van der Waals surface area contributed by atoms with Crippen LogP contribution in [0, 0.1) is 11.8 Å². The van der Waals surface area contributed by atoms with Gasteiger partial charge < -0.3 is 4.90 Å². The predicted octanol–water partition coefficient (Wildman–Crippen LogP) is 2.52. The smallest absolute Gasteiger partial charge is 0.257 e. The Morgan fingerprint density at radius 2 is 1.86 bits per heavy atom. The standard InChI is InChI=1S/C23H27N5O/c29-23(20-16-25-28-11-5-4-8-21(20)28)27-12-9-18(10-13-27)22-19(15-24-26-22)14-17-6-2-1-3-7-17/h1-8,11,16,18-19,22,24,26H,9-10,12-15H2. The highest BCUT2D eigenvalue weighted by atomic mass is 16.2. The Morgan fingerprint density at radius 1 is 1.07 bits per heavy atom. The van der Waals surface area contributed by atoms with Crippen LogP contribution in [0.15, 0.2) is 60.9 Å².